The van der Waals surface area contributed by atoms with Crippen LogP contribution in [0.4, 0.5) is 4.39 Å². The van der Waals surface area contributed by atoms with Gasteiger partial charge < -0.3 is 4.74 Å². The van der Waals surface area contributed by atoms with Crippen LogP contribution in [-0.4, -0.2) is 23.0 Å². The first-order valence-electron chi connectivity index (χ1n) is 8.79. The standard InChI is InChI=1S/C21H21FN2OS/c1-25-19-10-6-15(7-11-19)21-23-17(14-26-21)13-24(18-8-9-18)12-16-4-2-3-5-20(16)22/h2-7,10-11,14,18H,8-9,12-13H2,1H3. The van der Waals surface area contributed by atoms with E-state index in [-0.39, 0.29) is 5.82 Å². The summed E-state index contributed by atoms with van der Waals surface area (Å²) in [5.41, 5.74) is 2.89. The highest BCUT2D eigenvalue weighted by atomic mass is 32.1. The van der Waals surface area contributed by atoms with Crippen molar-refractivity contribution in [3.8, 4) is 16.3 Å². The summed E-state index contributed by atoms with van der Waals surface area (Å²) in [6, 6.07) is 15.5. The van der Waals surface area contributed by atoms with Crippen LogP contribution in [-0.2, 0) is 13.1 Å². The maximum Gasteiger partial charge on any atom is 0.127 e. The van der Waals surface area contributed by atoms with Crippen LogP contribution >= 0.6 is 11.3 Å². The summed E-state index contributed by atoms with van der Waals surface area (Å²) in [6.07, 6.45) is 2.37. The van der Waals surface area contributed by atoms with Gasteiger partial charge in [-0.05, 0) is 43.2 Å². The molecule has 1 aliphatic carbocycles. The summed E-state index contributed by atoms with van der Waals surface area (Å²) >= 11 is 1.65. The predicted molar refractivity (Wildman–Crippen MR) is 103 cm³/mol. The Morgan fingerprint density at radius 2 is 1.88 bits per heavy atom. The van der Waals surface area contributed by atoms with Crippen molar-refractivity contribution in [1.29, 1.82) is 0 Å². The van der Waals surface area contributed by atoms with Crippen LogP contribution in [0.3, 0.4) is 0 Å². The Balaban J connectivity index is 1.48. The molecule has 3 nitrogen and oxygen atoms in total. The van der Waals surface area contributed by atoms with Crippen LogP contribution in [0, 0.1) is 5.82 Å². The van der Waals surface area contributed by atoms with E-state index >= 15 is 0 Å². The molecule has 1 aromatic heterocycles. The molecule has 4 rings (SSSR count). The molecule has 5 heteroatoms. The van der Waals surface area contributed by atoms with Crippen LogP contribution in [0.1, 0.15) is 24.1 Å². The number of ether oxygens (including phenoxy) is 1. The summed E-state index contributed by atoms with van der Waals surface area (Å²) in [5.74, 6) is 0.714. The zero-order valence-corrected chi connectivity index (χ0v) is 15.5. The molecule has 0 radical (unpaired) electrons. The zero-order valence-electron chi connectivity index (χ0n) is 14.7. The molecule has 2 aromatic carbocycles. The van der Waals surface area contributed by atoms with Crippen LogP contribution in [0.5, 0.6) is 5.75 Å². The monoisotopic (exact) mass is 368 g/mol. The fraction of sp³-hybridized carbons (Fsp3) is 0.286. The maximum absolute atomic E-state index is 14.0. The molecule has 0 bridgehead atoms. The van der Waals surface area contributed by atoms with E-state index in [1.807, 2.05) is 36.4 Å². The Labute approximate surface area is 157 Å². The third-order valence-electron chi connectivity index (χ3n) is 4.65. The molecule has 0 amide bonds. The number of nitrogens with zero attached hydrogens (tertiary/aromatic N) is 2. The van der Waals surface area contributed by atoms with Crippen molar-refractivity contribution in [2.75, 3.05) is 7.11 Å². The van der Waals surface area contributed by atoms with Gasteiger partial charge in [0.1, 0.15) is 16.6 Å². The average molecular weight is 368 g/mol. The van der Waals surface area contributed by atoms with Gasteiger partial charge in [-0.1, -0.05) is 18.2 Å². The summed E-state index contributed by atoms with van der Waals surface area (Å²) in [6.45, 7) is 1.39. The first-order valence-corrected chi connectivity index (χ1v) is 9.67. The van der Waals surface area contributed by atoms with Crippen molar-refractivity contribution in [3.05, 3.63) is 71.0 Å². The molecular weight excluding hydrogens is 347 g/mol. The molecule has 26 heavy (non-hydrogen) atoms. The molecule has 1 heterocycles. The molecule has 1 saturated carbocycles. The van der Waals surface area contributed by atoms with Gasteiger partial charge in [0, 0.05) is 35.6 Å². The predicted octanol–water partition coefficient (Wildman–Crippen LogP) is 5.12. The SMILES string of the molecule is COc1ccc(-c2nc(CN(Cc3ccccc3F)C3CC3)cs2)cc1. The maximum atomic E-state index is 14.0. The first kappa shape index (κ1) is 17.2. The number of rotatable bonds is 7. The van der Waals surface area contributed by atoms with Gasteiger partial charge in [-0.25, -0.2) is 9.37 Å². The highest BCUT2D eigenvalue weighted by Gasteiger charge is 2.30. The number of halogens is 1. The highest BCUT2D eigenvalue weighted by Crippen LogP contribution is 2.32. The molecule has 1 fully saturated rings. The van der Waals surface area contributed by atoms with Crippen molar-refractivity contribution in [2.45, 2.75) is 32.0 Å². The number of hydrogen-bond acceptors (Lipinski definition) is 4. The first-order chi connectivity index (χ1) is 12.7. The van der Waals surface area contributed by atoms with Crippen molar-refractivity contribution >= 4 is 11.3 Å². The minimum absolute atomic E-state index is 0.129. The van der Waals surface area contributed by atoms with Crippen LogP contribution < -0.4 is 4.74 Å². The normalized spacial score (nSPS) is 14.0. The van der Waals surface area contributed by atoms with E-state index < -0.39 is 0 Å². The third-order valence-corrected chi connectivity index (χ3v) is 5.59. The minimum atomic E-state index is -0.129. The van der Waals surface area contributed by atoms with E-state index in [0.29, 0.717) is 12.6 Å². The molecular formula is C21H21FN2OS. The highest BCUT2D eigenvalue weighted by molar-refractivity contribution is 7.13. The second kappa shape index (κ2) is 7.56. The lowest BCUT2D eigenvalue weighted by Gasteiger charge is -2.21. The fourth-order valence-corrected chi connectivity index (χ4v) is 3.87. The zero-order chi connectivity index (χ0) is 17.9. The van der Waals surface area contributed by atoms with Crippen molar-refractivity contribution in [2.24, 2.45) is 0 Å². The Bertz CT molecular complexity index is 874. The minimum Gasteiger partial charge on any atom is -0.497 e. The van der Waals surface area contributed by atoms with Gasteiger partial charge in [0.15, 0.2) is 0 Å². The quantitative estimate of drug-likeness (QED) is 0.579. The van der Waals surface area contributed by atoms with Gasteiger partial charge in [0.25, 0.3) is 0 Å². The molecule has 0 spiro atoms. The molecule has 0 N–H and O–H groups in total. The molecule has 0 atom stereocenters. The largest absolute Gasteiger partial charge is 0.497 e. The number of hydrogen-bond donors (Lipinski definition) is 0. The van der Waals surface area contributed by atoms with Gasteiger partial charge in [-0.15, -0.1) is 11.3 Å². The lowest BCUT2D eigenvalue weighted by Crippen LogP contribution is -2.25. The molecule has 0 aliphatic heterocycles. The van der Waals surface area contributed by atoms with Gasteiger partial charge in [0.05, 0.1) is 12.8 Å². The van der Waals surface area contributed by atoms with E-state index in [4.69, 9.17) is 9.72 Å². The smallest absolute Gasteiger partial charge is 0.127 e. The van der Waals surface area contributed by atoms with E-state index in [0.717, 1.165) is 34.1 Å². The number of thiazole rings is 1. The average Bonchev–Trinajstić information content (AvgIpc) is 3.42. The van der Waals surface area contributed by atoms with E-state index in [9.17, 15) is 4.39 Å². The van der Waals surface area contributed by atoms with Gasteiger partial charge >= 0.3 is 0 Å². The summed E-state index contributed by atoms with van der Waals surface area (Å²) in [5, 5.41) is 3.11. The van der Waals surface area contributed by atoms with Crippen LogP contribution in [0.25, 0.3) is 10.6 Å². The topological polar surface area (TPSA) is 25.4 Å². The Hall–Kier alpha value is -2.24. The second-order valence-corrected chi connectivity index (χ2v) is 7.46. The number of methoxy groups -OCH3 is 1. The summed E-state index contributed by atoms with van der Waals surface area (Å²) in [4.78, 5) is 7.13. The molecule has 1 aliphatic rings. The van der Waals surface area contributed by atoms with Crippen molar-refractivity contribution in [1.82, 2.24) is 9.88 Å². The van der Waals surface area contributed by atoms with Gasteiger partial charge in [-0.3, -0.25) is 4.90 Å². The second-order valence-electron chi connectivity index (χ2n) is 6.60. The Kier molecular flexibility index (Phi) is 5.00. The number of aromatic nitrogens is 1. The van der Waals surface area contributed by atoms with Gasteiger partial charge in [0.2, 0.25) is 0 Å². The van der Waals surface area contributed by atoms with E-state index in [1.165, 1.54) is 18.9 Å². The van der Waals surface area contributed by atoms with Crippen molar-refractivity contribution < 1.29 is 9.13 Å². The fourth-order valence-electron chi connectivity index (χ4n) is 3.05. The van der Waals surface area contributed by atoms with Crippen LogP contribution in [0.2, 0.25) is 0 Å². The third kappa shape index (κ3) is 3.94. The summed E-state index contributed by atoms with van der Waals surface area (Å²) in [7, 11) is 1.67. The summed E-state index contributed by atoms with van der Waals surface area (Å²) < 4.78 is 19.2. The molecule has 134 valence electrons. The van der Waals surface area contributed by atoms with Crippen molar-refractivity contribution in [3.63, 3.8) is 0 Å². The Morgan fingerprint density at radius 3 is 2.58 bits per heavy atom. The van der Waals surface area contributed by atoms with Gasteiger partial charge in [-0.2, -0.15) is 0 Å². The molecule has 0 unspecified atom stereocenters. The Morgan fingerprint density at radius 1 is 1.12 bits per heavy atom. The number of benzene rings is 2. The molecule has 3 aromatic rings. The van der Waals surface area contributed by atoms with E-state index in [2.05, 4.69) is 10.3 Å². The lowest BCUT2D eigenvalue weighted by molar-refractivity contribution is 0.240. The van der Waals surface area contributed by atoms with Crippen LogP contribution in [0.15, 0.2) is 53.9 Å². The molecule has 0 saturated heterocycles. The lowest BCUT2D eigenvalue weighted by atomic mass is 10.2. The van der Waals surface area contributed by atoms with E-state index in [1.54, 1.807) is 24.5 Å².